The van der Waals surface area contributed by atoms with E-state index in [0.717, 1.165) is 42.2 Å². The molecule has 2 heterocycles. The standard InChI is InChI=1S/C19H26N2O4/c1-14-10-19(25-20-14)17-7-5-9-21(17)11-16(22)13-24-12-15-6-3-4-8-18(15)23-2/h3-4,6,8,10,16-17,22H,5,7,9,11-13H2,1-2H3/t16-,17-/m1/s1. The molecule has 1 fully saturated rings. The van der Waals surface area contributed by atoms with Gasteiger partial charge in [-0.1, -0.05) is 23.4 Å². The Kier molecular flexibility index (Phi) is 6.07. The summed E-state index contributed by atoms with van der Waals surface area (Å²) in [6.45, 7) is 4.15. The van der Waals surface area contributed by atoms with E-state index in [0.29, 0.717) is 13.2 Å². The lowest BCUT2D eigenvalue weighted by Crippen LogP contribution is -2.34. The first kappa shape index (κ1) is 17.9. The smallest absolute Gasteiger partial charge is 0.154 e. The van der Waals surface area contributed by atoms with Gasteiger partial charge in [-0.15, -0.1) is 0 Å². The van der Waals surface area contributed by atoms with Gasteiger partial charge in [0.2, 0.25) is 0 Å². The Labute approximate surface area is 148 Å². The van der Waals surface area contributed by atoms with Crippen LogP contribution in [0.25, 0.3) is 0 Å². The second-order valence-corrected chi connectivity index (χ2v) is 6.50. The summed E-state index contributed by atoms with van der Waals surface area (Å²) < 4.78 is 16.4. The molecule has 0 bridgehead atoms. The number of methoxy groups -OCH3 is 1. The number of benzene rings is 1. The monoisotopic (exact) mass is 346 g/mol. The molecule has 2 aromatic rings. The van der Waals surface area contributed by atoms with Crippen LogP contribution in [0.4, 0.5) is 0 Å². The van der Waals surface area contributed by atoms with Crippen molar-refractivity contribution in [3.8, 4) is 5.75 Å². The third-order valence-electron chi connectivity index (χ3n) is 4.54. The van der Waals surface area contributed by atoms with Gasteiger partial charge in [-0.2, -0.15) is 0 Å². The Morgan fingerprint density at radius 3 is 3.00 bits per heavy atom. The SMILES string of the molecule is COc1ccccc1COC[C@H](O)CN1CCC[C@@H]1c1cc(C)no1. The Morgan fingerprint density at radius 1 is 1.40 bits per heavy atom. The van der Waals surface area contributed by atoms with Crippen LogP contribution in [0.1, 0.15) is 35.9 Å². The third kappa shape index (κ3) is 4.60. The molecule has 0 amide bonds. The van der Waals surface area contributed by atoms with Crippen LogP contribution in [0.5, 0.6) is 5.75 Å². The van der Waals surface area contributed by atoms with Crippen LogP contribution < -0.4 is 4.74 Å². The summed E-state index contributed by atoms with van der Waals surface area (Å²) in [5, 5.41) is 14.3. The van der Waals surface area contributed by atoms with Crippen LogP contribution >= 0.6 is 0 Å². The predicted octanol–water partition coefficient (Wildman–Crippen LogP) is 2.71. The minimum Gasteiger partial charge on any atom is -0.496 e. The van der Waals surface area contributed by atoms with E-state index in [9.17, 15) is 5.11 Å². The molecule has 1 N–H and O–H groups in total. The maximum absolute atomic E-state index is 10.3. The molecular formula is C19H26N2O4. The fraction of sp³-hybridized carbons (Fsp3) is 0.526. The van der Waals surface area contributed by atoms with Crippen molar-refractivity contribution in [3.63, 3.8) is 0 Å². The van der Waals surface area contributed by atoms with Gasteiger partial charge in [0.15, 0.2) is 5.76 Å². The van der Waals surface area contributed by atoms with Crippen molar-refractivity contribution in [1.82, 2.24) is 10.1 Å². The van der Waals surface area contributed by atoms with Crippen LogP contribution in [0.3, 0.4) is 0 Å². The van der Waals surface area contributed by atoms with E-state index >= 15 is 0 Å². The summed E-state index contributed by atoms with van der Waals surface area (Å²) in [6, 6.07) is 9.93. The average molecular weight is 346 g/mol. The van der Waals surface area contributed by atoms with Gasteiger partial charge in [0.1, 0.15) is 5.75 Å². The summed E-state index contributed by atoms with van der Waals surface area (Å²) in [4.78, 5) is 2.25. The van der Waals surface area contributed by atoms with E-state index in [-0.39, 0.29) is 12.6 Å². The number of aliphatic hydroxyl groups excluding tert-OH is 1. The molecule has 2 atom stereocenters. The van der Waals surface area contributed by atoms with Crippen LogP contribution in [0, 0.1) is 6.92 Å². The average Bonchev–Trinajstić information content (AvgIpc) is 3.24. The number of aryl methyl sites for hydroxylation is 1. The van der Waals surface area contributed by atoms with Crippen LogP contribution in [-0.2, 0) is 11.3 Å². The number of aliphatic hydroxyl groups is 1. The van der Waals surface area contributed by atoms with E-state index in [2.05, 4.69) is 10.1 Å². The third-order valence-corrected chi connectivity index (χ3v) is 4.54. The van der Waals surface area contributed by atoms with Crippen molar-refractivity contribution in [1.29, 1.82) is 0 Å². The molecule has 1 aromatic carbocycles. The number of ether oxygens (including phenoxy) is 2. The molecule has 6 nitrogen and oxygen atoms in total. The van der Waals surface area contributed by atoms with Crippen LogP contribution in [0.15, 0.2) is 34.9 Å². The highest BCUT2D eigenvalue weighted by atomic mass is 16.5. The number of rotatable bonds is 8. The second kappa shape index (κ2) is 8.47. The summed E-state index contributed by atoms with van der Waals surface area (Å²) in [6.07, 6.45) is 1.59. The van der Waals surface area contributed by atoms with Gasteiger partial charge in [0.25, 0.3) is 0 Å². The molecule has 1 aliphatic rings. The summed E-state index contributed by atoms with van der Waals surface area (Å²) in [7, 11) is 1.65. The number of likely N-dealkylation sites (tertiary alicyclic amines) is 1. The molecular weight excluding hydrogens is 320 g/mol. The van der Waals surface area contributed by atoms with Crippen molar-refractivity contribution in [3.05, 3.63) is 47.3 Å². The minimum atomic E-state index is -0.542. The molecule has 1 aliphatic heterocycles. The Bertz CT molecular complexity index is 673. The minimum absolute atomic E-state index is 0.199. The fourth-order valence-corrected chi connectivity index (χ4v) is 3.36. The molecule has 1 saturated heterocycles. The predicted molar refractivity (Wildman–Crippen MR) is 93.4 cm³/mol. The molecule has 1 aromatic heterocycles. The number of nitrogens with zero attached hydrogens (tertiary/aromatic N) is 2. The number of aromatic nitrogens is 1. The highest BCUT2D eigenvalue weighted by molar-refractivity contribution is 5.32. The van der Waals surface area contributed by atoms with Gasteiger partial charge in [-0.25, -0.2) is 0 Å². The lowest BCUT2D eigenvalue weighted by atomic mass is 10.1. The highest BCUT2D eigenvalue weighted by Crippen LogP contribution is 2.32. The van der Waals surface area contributed by atoms with Crippen LogP contribution in [0.2, 0.25) is 0 Å². The van der Waals surface area contributed by atoms with E-state index in [1.165, 1.54) is 0 Å². The van der Waals surface area contributed by atoms with E-state index in [1.807, 2.05) is 37.3 Å². The topological polar surface area (TPSA) is 68.0 Å². The molecule has 25 heavy (non-hydrogen) atoms. The van der Waals surface area contributed by atoms with Gasteiger partial charge in [-0.05, 0) is 32.4 Å². The quantitative estimate of drug-likeness (QED) is 0.793. The molecule has 0 aliphatic carbocycles. The van der Waals surface area contributed by atoms with Gasteiger partial charge in [-0.3, -0.25) is 4.90 Å². The normalized spacial score (nSPS) is 19.2. The van der Waals surface area contributed by atoms with Crippen molar-refractivity contribution in [2.45, 2.75) is 38.5 Å². The van der Waals surface area contributed by atoms with Gasteiger partial charge in [0.05, 0.1) is 38.2 Å². The number of para-hydroxylation sites is 1. The second-order valence-electron chi connectivity index (χ2n) is 6.50. The summed E-state index contributed by atoms with van der Waals surface area (Å²) >= 11 is 0. The molecule has 0 saturated carbocycles. The largest absolute Gasteiger partial charge is 0.496 e. The molecule has 0 radical (unpaired) electrons. The Morgan fingerprint density at radius 2 is 2.24 bits per heavy atom. The Hall–Kier alpha value is -1.89. The molecule has 3 rings (SSSR count). The molecule has 0 spiro atoms. The fourth-order valence-electron chi connectivity index (χ4n) is 3.36. The lowest BCUT2D eigenvalue weighted by molar-refractivity contribution is 0.00568. The summed E-state index contributed by atoms with van der Waals surface area (Å²) in [5.74, 6) is 1.69. The van der Waals surface area contributed by atoms with Crippen molar-refractivity contribution in [2.24, 2.45) is 0 Å². The van der Waals surface area contributed by atoms with E-state index in [4.69, 9.17) is 14.0 Å². The van der Waals surface area contributed by atoms with Crippen molar-refractivity contribution < 1.29 is 19.1 Å². The zero-order valence-electron chi connectivity index (χ0n) is 14.9. The first-order chi connectivity index (χ1) is 12.2. The maximum Gasteiger partial charge on any atom is 0.154 e. The first-order valence-electron chi connectivity index (χ1n) is 8.72. The first-order valence-corrected chi connectivity index (χ1v) is 8.72. The molecule has 0 unspecified atom stereocenters. The van der Waals surface area contributed by atoms with Gasteiger partial charge >= 0.3 is 0 Å². The van der Waals surface area contributed by atoms with Gasteiger partial charge < -0.3 is 19.1 Å². The van der Waals surface area contributed by atoms with Crippen LogP contribution in [-0.4, -0.2) is 48.1 Å². The number of β-amino-alcohol motifs (C(OH)–C–C–N with tert-alkyl or cyclic N) is 1. The van der Waals surface area contributed by atoms with Crippen molar-refractivity contribution in [2.75, 3.05) is 26.8 Å². The zero-order chi connectivity index (χ0) is 17.6. The molecule has 6 heteroatoms. The highest BCUT2D eigenvalue weighted by Gasteiger charge is 2.30. The Balaban J connectivity index is 1.48. The number of hydrogen-bond donors (Lipinski definition) is 1. The molecule has 136 valence electrons. The van der Waals surface area contributed by atoms with E-state index < -0.39 is 6.10 Å². The zero-order valence-corrected chi connectivity index (χ0v) is 14.9. The van der Waals surface area contributed by atoms with Gasteiger partial charge in [0, 0.05) is 18.2 Å². The maximum atomic E-state index is 10.3. The summed E-state index contributed by atoms with van der Waals surface area (Å²) in [5.41, 5.74) is 1.87. The van der Waals surface area contributed by atoms with Crippen molar-refractivity contribution >= 4 is 0 Å². The van der Waals surface area contributed by atoms with E-state index in [1.54, 1.807) is 7.11 Å². The number of hydrogen-bond acceptors (Lipinski definition) is 6. The lowest BCUT2D eigenvalue weighted by Gasteiger charge is -2.25.